The lowest BCUT2D eigenvalue weighted by Crippen LogP contribution is -2.10. The topological polar surface area (TPSA) is 99.1 Å². The van der Waals surface area contributed by atoms with E-state index in [4.69, 9.17) is 11.5 Å². The molecule has 2 heterocycles. The Morgan fingerprint density at radius 2 is 2.25 bits per heavy atom. The number of primary amides is 1. The molecule has 0 saturated heterocycles. The Kier molecular flexibility index (Phi) is 2.35. The van der Waals surface area contributed by atoms with Gasteiger partial charge in [0.2, 0.25) is 0 Å². The molecule has 4 N–H and O–H groups in total. The van der Waals surface area contributed by atoms with Gasteiger partial charge in [-0.05, 0) is 13.0 Å². The molecular formula is C10H9N3O2S. The van der Waals surface area contributed by atoms with Gasteiger partial charge in [-0.15, -0.1) is 11.3 Å². The predicted octanol–water partition coefficient (Wildman–Crippen LogP) is 1.10. The number of thiophene rings is 1. The number of hydrogen-bond acceptors (Lipinski definition) is 5. The molecule has 82 valence electrons. The number of amides is 1. The number of aromatic nitrogens is 1. The zero-order valence-electron chi connectivity index (χ0n) is 8.48. The minimum absolute atomic E-state index is 0.238. The van der Waals surface area contributed by atoms with Crippen LogP contribution in [0.2, 0.25) is 0 Å². The zero-order valence-corrected chi connectivity index (χ0v) is 9.30. The summed E-state index contributed by atoms with van der Waals surface area (Å²) in [5.74, 6) is -0.602. The standard InChI is InChI=1S/C10H9N3O2S/c1-4-2-5(3-14)6-7(11)8(9(12)15)16-10(6)13-4/h2-3H,11H2,1H3,(H2,12,15). The fourth-order valence-electron chi connectivity index (χ4n) is 1.55. The quantitative estimate of drug-likeness (QED) is 0.761. The van der Waals surface area contributed by atoms with E-state index in [0.717, 1.165) is 11.3 Å². The van der Waals surface area contributed by atoms with Crippen molar-refractivity contribution in [1.82, 2.24) is 4.98 Å². The summed E-state index contributed by atoms with van der Waals surface area (Å²) in [6, 6.07) is 1.63. The van der Waals surface area contributed by atoms with Gasteiger partial charge in [-0.2, -0.15) is 0 Å². The summed E-state index contributed by atoms with van der Waals surface area (Å²) in [7, 11) is 0. The van der Waals surface area contributed by atoms with Gasteiger partial charge in [0.05, 0.1) is 5.69 Å². The number of nitrogen functional groups attached to an aromatic ring is 1. The molecule has 0 fully saturated rings. The van der Waals surface area contributed by atoms with Gasteiger partial charge in [0, 0.05) is 16.6 Å². The number of hydrogen-bond donors (Lipinski definition) is 2. The molecule has 0 bridgehead atoms. The highest BCUT2D eigenvalue weighted by molar-refractivity contribution is 7.21. The Balaban J connectivity index is 2.91. The number of nitrogens with zero attached hydrogens (tertiary/aromatic N) is 1. The van der Waals surface area contributed by atoms with Crippen LogP contribution in [0.15, 0.2) is 6.07 Å². The van der Waals surface area contributed by atoms with Crippen molar-refractivity contribution in [1.29, 1.82) is 0 Å². The molecule has 0 aromatic carbocycles. The maximum Gasteiger partial charge on any atom is 0.260 e. The lowest BCUT2D eigenvalue weighted by atomic mass is 10.1. The molecule has 0 atom stereocenters. The van der Waals surface area contributed by atoms with Crippen LogP contribution in [-0.4, -0.2) is 17.2 Å². The molecule has 0 aliphatic heterocycles. The van der Waals surface area contributed by atoms with Crippen LogP contribution in [-0.2, 0) is 0 Å². The molecule has 2 aromatic heterocycles. The number of pyridine rings is 1. The van der Waals surface area contributed by atoms with Gasteiger partial charge >= 0.3 is 0 Å². The fourth-order valence-corrected chi connectivity index (χ4v) is 2.58. The largest absolute Gasteiger partial charge is 0.397 e. The molecule has 0 unspecified atom stereocenters. The summed E-state index contributed by atoms with van der Waals surface area (Å²) < 4.78 is 0. The Bertz CT molecular complexity index is 604. The maximum atomic E-state index is 11.1. The second-order valence-corrected chi connectivity index (χ2v) is 4.36. The van der Waals surface area contributed by atoms with Crippen molar-refractivity contribution in [3.05, 3.63) is 22.2 Å². The lowest BCUT2D eigenvalue weighted by Gasteiger charge is -1.98. The van der Waals surface area contributed by atoms with Crippen LogP contribution < -0.4 is 11.5 Å². The number of nitrogens with two attached hydrogens (primary N) is 2. The highest BCUT2D eigenvalue weighted by atomic mass is 32.1. The number of carbonyl (C=O) groups is 2. The molecule has 0 saturated carbocycles. The van der Waals surface area contributed by atoms with Crippen molar-refractivity contribution in [3.8, 4) is 0 Å². The van der Waals surface area contributed by atoms with E-state index in [1.165, 1.54) is 0 Å². The van der Waals surface area contributed by atoms with Crippen LogP contribution >= 0.6 is 11.3 Å². The van der Waals surface area contributed by atoms with Gasteiger partial charge in [0.25, 0.3) is 5.91 Å². The summed E-state index contributed by atoms with van der Waals surface area (Å²) in [5, 5.41) is 0.513. The van der Waals surface area contributed by atoms with Gasteiger partial charge in [0.15, 0.2) is 6.29 Å². The Hall–Kier alpha value is -1.95. The van der Waals surface area contributed by atoms with Crippen LogP contribution in [0.25, 0.3) is 10.2 Å². The molecule has 6 heteroatoms. The second-order valence-electron chi connectivity index (χ2n) is 3.36. The minimum atomic E-state index is -0.602. The van der Waals surface area contributed by atoms with E-state index in [9.17, 15) is 9.59 Å². The molecule has 16 heavy (non-hydrogen) atoms. The van der Waals surface area contributed by atoms with E-state index in [-0.39, 0.29) is 10.6 Å². The third-order valence-electron chi connectivity index (χ3n) is 2.21. The zero-order chi connectivity index (χ0) is 11.9. The molecule has 0 radical (unpaired) electrons. The molecular weight excluding hydrogens is 226 g/mol. The average Bonchev–Trinajstić information content (AvgIpc) is 2.55. The number of carbonyl (C=O) groups excluding carboxylic acids is 2. The van der Waals surface area contributed by atoms with Crippen molar-refractivity contribution < 1.29 is 9.59 Å². The molecule has 0 aliphatic rings. The van der Waals surface area contributed by atoms with Gasteiger partial charge in [-0.1, -0.05) is 0 Å². The SMILES string of the molecule is Cc1cc(C=O)c2c(N)c(C(N)=O)sc2n1. The summed E-state index contributed by atoms with van der Waals surface area (Å²) in [6.07, 6.45) is 0.699. The Morgan fingerprint density at radius 3 is 2.81 bits per heavy atom. The van der Waals surface area contributed by atoms with Crippen LogP contribution in [0.4, 0.5) is 5.69 Å². The van der Waals surface area contributed by atoms with E-state index in [1.807, 2.05) is 0 Å². The molecule has 1 amide bonds. The monoisotopic (exact) mass is 235 g/mol. The third-order valence-corrected chi connectivity index (χ3v) is 3.32. The van der Waals surface area contributed by atoms with Gasteiger partial charge < -0.3 is 11.5 Å². The van der Waals surface area contributed by atoms with E-state index < -0.39 is 5.91 Å². The van der Waals surface area contributed by atoms with Crippen molar-refractivity contribution in [2.75, 3.05) is 5.73 Å². The Morgan fingerprint density at radius 1 is 1.56 bits per heavy atom. The lowest BCUT2D eigenvalue weighted by molar-refractivity contribution is 0.100. The Labute approximate surface area is 95.1 Å². The van der Waals surface area contributed by atoms with E-state index >= 15 is 0 Å². The number of fused-ring (bicyclic) bond motifs is 1. The summed E-state index contributed by atoms with van der Waals surface area (Å²) in [6.45, 7) is 1.77. The molecule has 2 rings (SSSR count). The average molecular weight is 235 g/mol. The molecule has 0 aliphatic carbocycles. The van der Waals surface area contributed by atoms with Gasteiger partial charge in [-0.3, -0.25) is 9.59 Å². The third kappa shape index (κ3) is 1.43. The van der Waals surface area contributed by atoms with Crippen molar-refractivity contribution in [2.24, 2.45) is 5.73 Å². The molecule has 2 aromatic rings. The summed E-state index contributed by atoms with van der Waals surface area (Å²) in [4.78, 5) is 27.1. The van der Waals surface area contributed by atoms with Crippen LogP contribution in [0.5, 0.6) is 0 Å². The van der Waals surface area contributed by atoms with Crippen LogP contribution in [0.3, 0.4) is 0 Å². The van der Waals surface area contributed by atoms with Crippen molar-refractivity contribution in [2.45, 2.75) is 6.92 Å². The second kappa shape index (κ2) is 3.57. The number of rotatable bonds is 2. The minimum Gasteiger partial charge on any atom is -0.397 e. The normalized spacial score (nSPS) is 10.6. The van der Waals surface area contributed by atoms with Gasteiger partial charge in [-0.25, -0.2) is 4.98 Å². The summed E-state index contributed by atoms with van der Waals surface area (Å²) in [5.41, 5.74) is 12.3. The number of aldehydes is 1. The molecule has 5 nitrogen and oxygen atoms in total. The highest BCUT2D eigenvalue weighted by Crippen LogP contribution is 2.34. The van der Waals surface area contributed by atoms with E-state index in [0.29, 0.717) is 27.8 Å². The highest BCUT2D eigenvalue weighted by Gasteiger charge is 2.17. The van der Waals surface area contributed by atoms with Crippen molar-refractivity contribution in [3.63, 3.8) is 0 Å². The molecule has 0 spiro atoms. The first-order valence-corrected chi connectivity index (χ1v) is 5.31. The smallest absolute Gasteiger partial charge is 0.260 e. The first-order valence-electron chi connectivity index (χ1n) is 4.49. The fraction of sp³-hybridized carbons (Fsp3) is 0.100. The first-order chi connectivity index (χ1) is 7.54. The maximum absolute atomic E-state index is 11.1. The predicted molar refractivity (Wildman–Crippen MR) is 62.7 cm³/mol. The van der Waals surface area contributed by atoms with E-state index in [2.05, 4.69) is 4.98 Å². The van der Waals surface area contributed by atoms with Gasteiger partial charge in [0.1, 0.15) is 9.71 Å². The van der Waals surface area contributed by atoms with Crippen LogP contribution in [0, 0.1) is 6.92 Å². The number of anilines is 1. The number of aryl methyl sites for hydroxylation is 1. The van der Waals surface area contributed by atoms with E-state index in [1.54, 1.807) is 13.0 Å². The first kappa shape index (κ1) is 10.6. The van der Waals surface area contributed by atoms with Crippen molar-refractivity contribution >= 4 is 39.4 Å². The van der Waals surface area contributed by atoms with Crippen LogP contribution in [0.1, 0.15) is 25.7 Å². The summed E-state index contributed by atoms with van der Waals surface area (Å²) >= 11 is 1.11.